The van der Waals surface area contributed by atoms with E-state index in [1.165, 1.54) is 0 Å². The molecule has 1 unspecified atom stereocenters. The molecule has 1 atom stereocenters. The number of hydrogen-bond acceptors (Lipinski definition) is 3. The second kappa shape index (κ2) is 8.29. The molecule has 4 nitrogen and oxygen atoms in total. The van der Waals surface area contributed by atoms with E-state index in [-0.39, 0.29) is 5.91 Å². The summed E-state index contributed by atoms with van der Waals surface area (Å²) < 4.78 is 5.42. The molecule has 2 aliphatic rings. The van der Waals surface area contributed by atoms with Gasteiger partial charge in [-0.05, 0) is 60.9 Å². The predicted octanol–water partition coefficient (Wildman–Crippen LogP) is 5.29. The molecule has 152 valence electrons. The molecular weight excluding hydrogens is 384 g/mol. The van der Waals surface area contributed by atoms with Gasteiger partial charge in [0.1, 0.15) is 5.84 Å². The van der Waals surface area contributed by atoms with Crippen molar-refractivity contribution in [2.24, 2.45) is 5.92 Å². The fourth-order valence-electron chi connectivity index (χ4n) is 4.50. The van der Waals surface area contributed by atoms with Crippen LogP contribution in [-0.4, -0.2) is 36.4 Å². The number of halogens is 1. The molecule has 1 saturated carbocycles. The first-order valence-corrected chi connectivity index (χ1v) is 10.8. The van der Waals surface area contributed by atoms with Gasteiger partial charge in [-0.3, -0.25) is 15.1 Å². The summed E-state index contributed by atoms with van der Waals surface area (Å²) in [7, 11) is 0. The molecule has 5 heteroatoms. The van der Waals surface area contributed by atoms with Crippen LogP contribution in [0.1, 0.15) is 38.2 Å². The zero-order valence-electron chi connectivity index (χ0n) is 16.8. The van der Waals surface area contributed by atoms with Gasteiger partial charge < -0.3 is 4.74 Å². The Kier molecular flexibility index (Phi) is 5.75. The van der Waals surface area contributed by atoms with Crippen LogP contribution in [0.2, 0.25) is 5.02 Å². The number of benzene rings is 2. The van der Waals surface area contributed by atoms with Crippen LogP contribution in [0.5, 0.6) is 0 Å². The topological polar surface area (TPSA) is 53.4 Å². The molecule has 1 heterocycles. The van der Waals surface area contributed by atoms with Crippen molar-refractivity contribution >= 4 is 23.3 Å². The van der Waals surface area contributed by atoms with Crippen molar-refractivity contribution in [2.75, 3.05) is 19.8 Å². The minimum Gasteiger partial charge on any atom is -0.382 e. The highest BCUT2D eigenvalue weighted by Crippen LogP contribution is 2.54. The first kappa shape index (κ1) is 20.1. The Bertz CT molecular complexity index is 925. The van der Waals surface area contributed by atoms with Crippen LogP contribution in [0.15, 0.2) is 48.5 Å². The highest BCUT2D eigenvalue weighted by molar-refractivity contribution is 6.30. The van der Waals surface area contributed by atoms with Gasteiger partial charge in [0.05, 0.1) is 5.41 Å². The van der Waals surface area contributed by atoms with Crippen LogP contribution in [0.25, 0.3) is 11.1 Å². The molecule has 1 N–H and O–H groups in total. The van der Waals surface area contributed by atoms with Crippen molar-refractivity contribution in [3.8, 4) is 11.1 Å². The lowest BCUT2D eigenvalue weighted by molar-refractivity contribution is -0.131. The molecule has 1 amide bonds. The van der Waals surface area contributed by atoms with Crippen LogP contribution in [0.3, 0.4) is 0 Å². The monoisotopic (exact) mass is 410 g/mol. The molecular formula is C24H27ClN2O2. The van der Waals surface area contributed by atoms with E-state index in [4.69, 9.17) is 21.7 Å². The van der Waals surface area contributed by atoms with Gasteiger partial charge in [-0.2, -0.15) is 0 Å². The van der Waals surface area contributed by atoms with Gasteiger partial charge >= 0.3 is 0 Å². The molecule has 4 rings (SSSR count). The second-order valence-corrected chi connectivity index (χ2v) is 8.40. The molecule has 2 fully saturated rings. The second-order valence-electron chi connectivity index (χ2n) is 7.97. The van der Waals surface area contributed by atoms with E-state index in [1.807, 2.05) is 37.3 Å². The van der Waals surface area contributed by atoms with E-state index >= 15 is 0 Å². The molecule has 2 aromatic carbocycles. The van der Waals surface area contributed by atoms with E-state index in [0.29, 0.717) is 43.0 Å². The maximum absolute atomic E-state index is 13.6. The lowest BCUT2D eigenvalue weighted by Crippen LogP contribution is -2.40. The first-order valence-electron chi connectivity index (χ1n) is 10.4. The van der Waals surface area contributed by atoms with Crippen molar-refractivity contribution in [2.45, 2.75) is 38.0 Å². The van der Waals surface area contributed by atoms with E-state index < -0.39 is 5.41 Å². The number of rotatable bonds is 8. The zero-order valence-corrected chi connectivity index (χ0v) is 17.5. The number of nitrogens with one attached hydrogen (secondary N) is 1. The number of likely N-dealkylation sites (tertiary alicyclic amines) is 1. The minimum atomic E-state index is -0.600. The highest BCUT2D eigenvalue weighted by Gasteiger charge is 2.58. The SMILES string of the molecule is CCOCCCN1C(=N)CC(c2cccc(-c3cccc(Cl)c3)c2)(C2CC2)C1=O. The summed E-state index contributed by atoms with van der Waals surface area (Å²) in [4.78, 5) is 15.3. The van der Waals surface area contributed by atoms with Crippen molar-refractivity contribution in [3.05, 3.63) is 59.1 Å². The van der Waals surface area contributed by atoms with Gasteiger partial charge in [0.15, 0.2) is 0 Å². The fraction of sp³-hybridized carbons (Fsp3) is 0.417. The van der Waals surface area contributed by atoms with Gasteiger partial charge in [0.2, 0.25) is 5.91 Å². The van der Waals surface area contributed by atoms with Crippen LogP contribution in [0.4, 0.5) is 0 Å². The maximum Gasteiger partial charge on any atom is 0.239 e. The number of amides is 1. The van der Waals surface area contributed by atoms with Crippen molar-refractivity contribution < 1.29 is 9.53 Å². The van der Waals surface area contributed by atoms with E-state index in [9.17, 15) is 4.79 Å². The number of hydrogen-bond donors (Lipinski definition) is 1. The number of ether oxygens (including phenoxy) is 1. The average Bonchev–Trinajstić information content (AvgIpc) is 3.54. The molecule has 0 radical (unpaired) electrons. The first-order chi connectivity index (χ1) is 14.1. The normalized spacial score (nSPS) is 21.8. The fourth-order valence-corrected chi connectivity index (χ4v) is 4.70. The Morgan fingerprint density at radius 2 is 1.90 bits per heavy atom. The zero-order chi connectivity index (χ0) is 20.4. The summed E-state index contributed by atoms with van der Waals surface area (Å²) in [5.41, 5.74) is 2.52. The summed E-state index contributed by atoms with van der Waals surface area (Å²) in [6.45, 7) is 3.82. The quantitative estimate of drug-likeness (QED) is 0.601. The lowest BCUT2D eigenvalue weighted by atomic mass is 9.74. The largest absolute Gasteiger partial charge is 0.382 e. The van der Waals surface area contributed by atoms with Crippen molar-refractivity contribution in [1.82, 2.24) is 4.90 Å². The third kappa shape index (κ3) is 3.84. The Hall–Kier alpha value is -2.17. The maximum atomic E-state index is 13.6. The Balaban J connectivity index is 1.65. The summed E-state index contributed by atoms with van der Waals surface area (Å²) >= 11 is 6.18. The van der Waals surface area contributed by atoms with Gasteiger partial charge in [0, 0.05) is 31.2 Å². The molecule has 0 spiro atoms. The third-order valence-electron chi connectivity index (χ3n) is 6.08. The van der Waals surface area contributed by atoms with Crippen molar-refractivity contribution in [3.63, 3.8) is 0 Å². The van der Waals surface area contributed by atoms with E-state index in [2.05, 4.69) is 18.2 Å². The summed E-state index contributed by atoms with van der Waals surface area (Å²) in [5.74, 6) is 0.846. The Morgan fingerprint density at radius 3 is 2.59 bits per heavy atom. The van der Waals surface area contributed by atoms with Crippen LogP contribution < -0.4 is 0 Å². The lowest BCUT2D eigenvalue weighted by Gasteiger charge is -2.28. The predicted molar refractivity (Wildman–Crippen MR) is 116 cm³/mol. The Labute approximate surface area is 177 Å². The molecule has 0 bridgehead atoms. The molecule has 0 aromatic heterocycles. The molecule has 1 aliphatic heterocycles. The smallest absolute Gasteiger partial charge is 0.239 e. The standard InChI is InChI=1S/C24H27ClN2O2/c1-2-29-13-5-12-27-22(26)16-24(23(27)28,19-10-11-19)20-8-3-6-17(14-20)18-7-4-9-21(25)15-18/h3-4,6-9,14-15,19,26H,2,5,10-13,16H2,1H3. The Morgan fingerprint density at radius 1 is 1.17 bits per heavy atom. The summed E-state index contributed by atoms with van der Waals surface area (Å²) in [5, 5.41) is 9.23. The number of amidine groups is 1. The summed E-state index contributed by atoms with van der Waals surface area (Å²) in [6.07, 6.45) is 3.34. The molecule has 1 aliphatic carbocycles. The third-order valence-corrected chi connectivity index (χ3v) is 6.32. The molecule has 29 heavy (non-hydrogen) atoms. The average molecular weight is 411 g/mol. The van der Waals surface area contributed by atoms with Gasteiger partial charge in [0.25, 0.3) is 0 Å². The van der Waals surface area contributed by atoms with E-state index in [0.717, 1.165) is 36.0 Å². The highest BCUT2D eigenvalue weighted by atomic mass is 35.5. The van der Waals surface area contributed by atoms with Gasteiger partial charge in [-0.25, -0.2) is 0 Å². The summed E-state index contributed by atoms with van der Waals surface area (Å²) in [6, 6.07) is 16.0. The molecule has 1 saturated heterocycles. The van der Waals surface area contributed by atoms with Gasteiger partial charge in [-0.15, -0.1) is 0 Å². The van der Waals surface area contributed by atoms with Crippen LogP contribution >= 0.6 is 11.6 Å². The van der Waals surface area contributed by atoms with Crippen LogP contribution in [0, 0.1) is 11.3 Å². The number of carbonyl (C=O) groups excluding carboxylic acids is 1. The molecule has 2 aromatic rings. The van der Waals surface area contributed by atoms with E-state index in [1.54, 1.807) is 4.90 Å². The van der Waals surface area contributed by atoms with Gasteiger partial charge in [-0.1, -0.05) is 48.0 Å². The number of nitrogens with zero attached hydrogens (tertiary/aromatic N) is 1. The minimum absolute atomic E-state index is 0.0877. The van der Waals surface area contributed by atoms with Crippen LogP contribution in [-0.2, 0) is 14.9 Å². The van der Waals surface area contributed by atoms with Crippen molar-refractivity contribution in [1.29, 1.82) is 5.41 Å². The number of carbonyl (C=O) groups is 1.